The Labute approximate surface area is 141 Å². The summed E-state index contributed by atoms with van der Waals surface area (Å²) < 4.78 is 11.9. The van der Waals surface area contributed by atoms with Gasteiger partial charge in [0.25, 0.3) is 0 Å². The summed E-state index contributed by atoms with van der Waals surface area (Å²) in [6.07, 6.45) is 3.92. The molecule has 0 bridgehead atoms. The summed E-state index contributed by atoms with van der Waals surface area (Å²) in [5, 5.41) is 0. The van der Waals surface area contributed by atoms with E-state index in [-0.39, 0.29) is 0 Å². The fourth-order valence-electron chi connectivity index (χ4n) is 2.40. The topological polar surface area (TPSA) is 18.5 Å². The second kappa shape index (κ2) is 7.09. The molecule has 0 saturated heterocycles. The molecule has 0 fully saturated rings. The fourth-order valence-corrected chi connectivity index (χ4v) is 3.82. The first-order valence-corrected chi connectivity index (χ1v) is 12.6. The highest BCUT2D eigenvalue weighted by Gasteiger charge is 2.32. The molecule has 1 unspecified atom stereocenters. The largest absolute Gasteiger partial charge is 0.462 e. The molecule has 0 spiro atoms. The molecule has 0 radical (unpaired) electrons. The van der Waals surface area contributed by atoms with E-state index in [1.165, 1.54) is 0 Å². The van der Waals surface area contributed by atoms with E-state index in [2.05, 4.69) is 19.1 Å². The van der Waals surface area contributed by atoms with Gasteiger partial charge in [-0.05, 0) is 36.6 Å². The molecule has 1 atom stereocenters. The fraction of sp³-hybridized carbons (Fsp3) is 0.600. The van der Waals surface area contributed by atoms with Crippen molar-refractivity contribution in [2.45, 2.75) is 58.0 Å². The summed E-state index contributed by atoms with van der Waals surface area (Å²) in [4.78, 5) is 0. The monoisotopic (exact) mass is 366 g/mol. The van der Waals surface area contributed by atoms with Gasteiger partial charge in [0.1, 0.15) is 5.75 Å². The van der Waals surface area contributed by atoms with Crippen LogP contribution in [0.2, 0.25) is 6.04 Å². The first kappa shape index (κ1) is 17.4. The zero-order valence-electron chi connectivity index (χ0n) is 12.4. The number of benzene rings is 1. The molecule has 0 N–H and O–H groups in total. The molecule has 2 rings (SSSR count). The SMILES string of the molecule is CCCCC1(C)OCc2cc(CC[Si](Cl)(Cl)Cl)ccc2O1. The van der Waals surface area contributed by atoms with Crippen LogP contribution in [0.5, 0.6) is 5.75 Å². The van der Waals surface area contributed by atoms with Gasteiger partial charge in [0.15, 0.2) is 0 Å². The van der Waals surface area contributed by atoms with Crippen LogP contribution in [0, 0.1) is 0 Å². The maximum absolute atomic E-state index is 6.03. The predicted octanol–water partition coefficient (Wildman–Crippen LogP) is 5.70. The molecule has 118 valence electrons. The standard InChI is InChI=1S/C15H21Cl3O2Si/c1-3-4-8-15(2)19-11-13-10-12(5-6-14(13)20-15)7-9-21(16,17)18/h5-6,10H,3-4,7-9,11H2,1-2H3. The number of hydrogen-bond donors (Lipinski definition) is 0. The number of ether oxygens (including phenoxy) is 2. The Morgan fingerprint density at radius 3 is 2.71 bits per heavy atom. The molecule has 0 aromatic heterocycles. The van der Waals surface area contributed by atoms with Crippen LogP contribution in [0.1, 0.15) is 44.2 Å². The lowest BCUT2D eigenvalue weighted by Crippen LogP contribution is -2.38. The van der Waals surface area contributed by atoms with Crippen molar-refractivity contribution in [3.05, 3.63) is 29.3 Å². The second-order valence-corrected chi connectivity index (χ2v) is 15.0. The van der Waals surface area contributed by atoms with E-state index in [1.54, 1.807) is 0 Å². The van der Waals surface area contributed by atoms with E-state index < -0.39 is 11.8 Å². The number of unbranched alkanes of at least 4 members (excludes halogenated alkanes) is 1. The van der Waals surface area contributed by atoms with Crippen molar-refractivity contribution in [1.82, 2.24) is 0 Å². The number of aryl methyl sites for hydroxylation is 1. The molecule has 1 aromatic rings. The quantitative estimate of drug-likeness (QED) is 0.474. The van der Waals surface area contributed by atoms with E-state index in [0.717, 1.165) is 42.6 Å². The summed E-state index contributed by atoms with van der Waals surface area (Å²) in [6.45, 7) is 4.75. The summed E-state index contributed by atoms with van der Waals surface area (Å²) in [6, 6.07) is 4.23. The molecule has 0 aliphatic carbocycles. The van der Waals surface area contributed by atoms with Gasteiger partial charge in [-0.1, -0.05) is 19.4 Å². The van der Waals surface area contributed by atoms with Gasteiger partial charge < -0.3 is 9.47 Å². The van der Waals surface area contributed by atoms with Crippen molar-refractivity contribution in [2.24, 2.45) is 0 Å². The first-order chi connectivity index (χ1) is 9.81. The Balaban J connectivity index is 2.03. The zero-order chi connectivity index (χ0) is 15.5. The Morgan fingerprint density at radius 2 is 2.05 bits per heavy atom. The van der Waals surface area contributed by atoms with Gasteiger partial charge in [0.2, 0.25) is 5.79 Å². The third-order valence-electron chi connectivity index (χ3n) is 3.67. The van der Waals surface area contributed by atoms with Crippen LogP contribution in [-0.2, 0) is 17.8 Å². The normalized spacial score (nSPS) is 21.8. The smallest absolute Gasteiger partial charge is 0.341 e. The second-order valence-electron chi connectivity index (χ2n) is 5.69. The van der Waals surface area contributed by atoms with E-state index in [4.69, 9.17) is 42.7 Å². The van der Waals surface area contributed by atoms with Crippen molar-refractivity contribution in [3.8, 4) is 5.75 Å². The van der Waals surface area contributed by atoms with Gasteiger partial charge in [0.05, 0.1) is 6.61 Å². The number of hydrogen-bond acceptors (Lipinski definition) is 2. The minimum Gasteiger partial charge on any atom is -0.462 e. The average Bonchev–Trinajstić information content (AvgIpc) is 2.42. The van der Waals surface area contributed by atoms with E-state index >= 15 is 0 Å². The van der Waals surface area contributed by atoms with Crippen LogP contribution in [0.15, 0.2) is 18.2 Å². The highest BCUT2D eigenvalue weighted by Crippen LogP contribution is 2.35. The highest BCUT2D eigenvalue weighted by atomic mass is 35.8. The average molecular weight is 368 g/mol. The van der Waals surface area contributed by atoms with Crippen LogP contribution in [0.4, 0.5) is 0 Å². The molecule has 1 aliphatic heterocycles. The van der Waals surface area contributed by atoms with E-state index in [0.29, 0.717) is 12.7 Å². The minimum absolute atomic E-state index is 0.505. The molecule has 0 saturated carbocycles. The Hall–Kier alpha value is 0.0669. The maximum atomic E-state index is 6.03. The van der Waals surface area contributed by atoms with Crippen LogP contribution in [0.3, 0.4) is 0 Å². The van der Waals surface area contributed by atoms with Crippen LogP contribution in [0.25, 0.3) is 0 Å². The van der Waals surface area contributed by atoms with Crippen LogP contribution >= 0.6 is 33.2 Å². The Kier molecular flexibility index (Phi) is 5.89. The van der Waals surface area contributed by atoms with Crippen molar-refractivity contribution < 1.29 is 9.47 Å². The Morgan fingerprint density at radius 1 is 1.29 bits per heavy atom. The zero-order valence-corrected chi connectivity index (χ0v) is 15.7. The molecular formula is C15H21Cl3O2Si. The summed E-state index contributed by atoms with van der Waals surface area (Å²) in [5.41, 5.74) is 2.24. The van der Waals surface area contributed by atoms with Crippen molar-refractivity contribution >= 4 is 39.2 Å². The molecular weight excluding hydrogens is 347 g/mol. The molecule has 21 heavy (non-hydrogen) atoms. The first-order valence-electron chi connectivity index (χ1n) is 7.33. The minimum atomic E-state index is -2.56. The predicted molar refractivity (Wildman–Crippen MR) is 91.6 cm³/mol. The summed E-state index contributed by atoms with van der Waals surface area (Å²) in [5.74, 6) is 0.407. The third-order valence-corrected chi connectivity index (χ3v) is 6.18. The van der Waals surface area contributed by atoms with Gasteiger partial charge >= 0.3 is 6.00 Å². The number of halogens is 3. The Bertz CT molecular complexity index is 490. The third kappa shape index (κ3) is 5.33. The van der Waals surface area contributed by atoms with Crippen LogP contribution in [-0.4, -0.2) is 11.8 Å². The summed E-state index contributed by atoms with van der Waals surface area (Å²) >= 11 is 17.8. The molecule has 1 aliphatic rings. The lowest BCUT2D eigenvalue weighted by molar-refractivity contribution is -0.198. The highest BCUT2D eigenvalue weighted by molar-refractivity contribution is 7.64. The number of rotatable bonds is 6. The van der Waals surface area contributed by atoms with Gasteiger partial charge in [-0.2, -0.15) is 0 Å². The van der Waals surface area contributed by atoms with E-state index in [1.807, 2.05) is 13.0 Å². The van der Waals surface area contributed by atoms with Gasteiger partial charge in [0, 0.05) is 18.9 Å². The number of fused-ring (bicyclic) bond motifs is 1. The lowest BCUT2D eigenvalue weighted by atomic mass is 10.0. The molecule has 1 heterocycles. The van der Waals surface area contributed by atoms with Crippen molar-refractivity contribution in [3.63, 3.8) is 0 Å². The van der Waals surface area contributed by atoms with Crippen molar-refractivity contribution in [1.29, 1.82) is 0 Å². The molecule has 6 heteroatoms. The van der Waals surface area contributed by atoms with Gasteiger partial charge in [-0.15, -0.1) is 33.2 Å². The lowest BCUT2D eigenvalue weighted by Gasteiger charge is -2.36. The summed E-state index contributed by atoms with van der Waals surface area (Å²) in [7, 11) is 0. The van der Waals surface area contributed by atoms with Gasteiger partial charge in [-0.3, -0.25) is 0 Å². The molecule has 1 aromatic carbocycles. The molecule has 0 amide bonds. The van der Waals surface area contributed by atoms with Crippen molar-refractivity contribution in [2.75, 3.05) is 0 Å². The van der Waals surface area contributed by atoms with Gasteiger partial charge in [-0.25, -0.2) is 0 Å². The van der Waals surface area contributed by atoms with E-state index in [9.17, 15) is 0 Å². The molecule has 2 nitrogen and oxygen atoms in total. The van der Waals surface area contributed by atoms with Crippen LogP contribution < -0.4 is 4.74 Å². The maximum Gasteiger partial charge on any atom is 0.341 e.